The van der Waals surface area contributed by atoms with E-state index in [1.807, 2.05) is 13.8 Å². The van der Waals surface area contributed by atoms with Crippen LogP contribution >= 0.6 is 0 Å². The van der Waals surface area contributed by atoms with Crippen LogP contribution in [0.2, 0.25) is 0 Å². The molecule has 3 rings (SSSR count). The minimum Gasteiger partial charge on any atom is -0.503 e. The van der Waals surface area contributed by atoms with Crippen molar-refractivity contribution >= 4 is 11.9 Å². The summed E-state index contributed by atoms with van der Waals surface area (Å²) in [4.78, 5) is 29.3. The fraction of sp³-hybridized carbons (Fsp3) is 0.367. The van der Waals surface area contributed by atoms with Gasteiger partial charge in [0.25, 0.3) is 5.91 Å². The van der Waals surface area contributed by atoms with Crippen molar-refractivity contribution in [2.24, 2.45) is 0 Å². The molecule has 9 nitrogen and oxygen atoms in total. The van der Waals surface area contributed by atoms with E-state index in [0.717, 1.165) is 0 Å². The van der Waals surface area contributed by atoms with Crippen LogP contribution in [-0.4, -0.2) is 54.9 Å². The molecule has 220 valence electrons. The van der Waals surface area contributed by atoms with Crippen molar-refractivity contribution < 1.29 is 42.4 Å². The van der Waals surface area contributed by atoms with Crippen molar-refractivity contribution in [2.45, 2.75) is 46.0 Å². The van der Waals surface area contributed by atoms with Crippen LogP contribution in [0.4, 0.5) is 8.78 Å². The van der Waals surface area contributed by atoms with E-state index < -0.39 is 47.8 Å². The number of halogens is 2. The van der Waals surface area contributed by atoms with Crippen molar-refractivity contribution in [1.82, 2.24) is 10.3 Å². The molecule has 3 aromatic rings. The lowest BCUT2D eigenvalue weighted by Crippen LogP contribution is -2.34. The summed E-state index contributed by atoms with van der Waals surface area (Å²) in [6.45, 7) is 5.77. The number of carbonyl (C=O) groups is 2. The normalized spacial score (nSPS) is 11.8. The summed E-state index contributed by atoms with van der Waals surface area (Å²) in [6.07, 6.45) is 0.434. The number of benzene rings is 2. The van der Waals surface area contributed by atoms with E-state index >= 15 is 0 Å². The van der Waals surface area contributed by atoms with Gasteiger partial charge in [-0.15, -0.1) is 0 Å². The van der Waals surface area contributed by atoms with Gasteiger partial charge in [-0.05, 0) is 67.3 Å². The molecule has 0 fully saturated rings. The highest BCUT2D eigenvalue weighted by molar-refractivity contribution is 5.97. The quantitative estimate of drug-likeness (QED) is 0.269. The van der Waals surface area contributed by atoms with E-state index in [9.17, 15) is 23.5 Å². The Labute approximate surface area is 237 Å². The first-order valence-corrected chi connectivity index (χ1v) is 13.1. The van der Waals surface area contributed by atoms with Gasteiger partial charge in [-0.1, -0.05) is 12.1 Å². The van der Waals surface area contributed by atoms with Gasteiger partial charge in [0.15, 0.2) is 17.2 Å². The van der Waals surface area contributed by atoms with Gasteiger partial charge in [0.05, 0.1) is 20.3 Å². The maximum atomic E-state index is 14.3. The number of aromatic hydroxyl groups is 1. The van der Waals surface area contributed by atoms with Crippen LogP contribution in [0.1, 0.15) is 59.4 Å². The largest absolute Gasteiger partial charge is 0.503 e. The number of nitrogens with one attached hydrogen (secondary N) is 1. The fourth-order valence-corrected chi connectivity index (χ4v) is 4.42. The summed E-state index contributed by atoms with van der Waals surface area (Å²) in [7, 11) is 1.33. The second kappa shape index (κ2) is 15.1. The molecule has 11 heteroatoms. The summed E-state index contributed by atoms with van der Waals surface area (Å²) in [5.41, 5.74) is 2.01. The zero-order valence-electron chi connectivity index (χ0n) is 23.4. The molecule has 0 spiro atoms. The van der Waals surface area contributed by atoms with E-state index in [0.29, 0.717) is 35.5 Å². The third-order valence-corrected chi connectivity index (χ3v) is 6.31. The Bertz CT molecular complexity index is 1290. The molecule has 1 aromatic heterocycles. The maximum Gasteiger partial charge on any atom is 0.325 e. The molecule has 2 aromatic carbocycles. The minimum atomic E-state index is -0.848. The molecule has 2 N–H and O–H groups in total. The summed E-state index contributed by atoms with van der Waals surface area (Å²) < 4.78 is 50.4. The fourth-order valence-electron chi connectivity index (χ4n) is 4.42. The van der Waals surface area contributed by atoms with Crippen LogP contribution in [-0.2, 0) is 32.2 Å². The summed E-state index contributed by atoms with van der Waals surface area (Å²) in [5.74, 6) is -3.59. The van der Waals surface area contributed by atoms with Gasteiger partial charge in [-0.2, -0.15) is 0 Å². The Kier molecular flexibility index (Phi) is 11.5. The van der Waals surface area contributed by atoms with Crippen LogP contribution in [0.5, 0.6) is 11.5 Å². The maximum absolute atomic E-state index is 14.3. The number of methoxy groups -OCH3 is 1. The first-order valence-electron chi connectivity index (χ1n) is 13.1. The molecule has 0 saturated carbocycles. The van der Waals surface area contributed by atoms with Crippen molar-refractivity contribution in [2.75, 3.05) is 26.9 Å². The number of hydrogen-bond donors (Lipinski definition) is 2. The lowest BCUT2D eigenvalue weighted by Gasteiger charge is -2.29. The minimum absolute atomic E-state index is 0.0495. The number of pyridine rings is 1. The van der Waals surface area contributed by atoms with Crippen LogP contribution in [0.3, 0.4) is 0 Å². The van der Waals surface area contributed by atoms with Crippen molar-refractivity contribution in [3.8, 4) is 11.5 Å². The lowest BCUT2D eigenvalue weighted by molar-refractivity contribution is -0.147. The van der Waals surface area contributed by atoms with Crippen molar-refractivity contribution in [3.05, 3.63) is 88.2 Å². The predicted octanol–water partition coefficient (Wildman–Crippen LogP) is 4.64. The van der Waals surface area contributed by atoms with Crippen LogP contribution in [0, 0.1) is 11.6 Å². The second-order valence-corrected chi connectivity index (χ2v) is 9.03. The molecule has 1 atom stereocenters. The number of nitrogens with zero attached hydrogens (tertiary/aromatic N) is 1. The Morgan fingerprint density at radius 1 is 0.951 bits per heavy atom. The topological polar surface area (TPSA) is 116 Å². The van der Waals surface area contributed by atoms with Gasteiger partial charge in [-0.3, -0.25) is 9.59 Å². The number of aromatic nitrogens is 1. The molecule has 1 unspecified atom stereocenters. The Morgan fingerprint density at radius 3 is 2.02 bits per heavy atom. The van der Waals surface area contributed by atoms with Gasteiger partial charge in [0, 0.05) is 31.4 Å². The van der Waals surface area contributed by atoms with Gasteiger partial charge >= 0.3 is 5.97 Å². The van der Waals surface area contributed by atoms with E-state index in [1.165, 1.54) is 43.6 Å². The van der Waals surface area contributed by atoms with E-state index in [4.69, 9.17) is 18.9 Å². The standard InChI is InChI=1S/C30H34F2N2O7/c1-5-39-16-19-13-21(31)7-9-23(19)27(24-10-8-22(32)14-20(24)17-40-6-2)18(3)41-26(35)15-34-30(37)28-29(36)25(38-4)11-12-33-28/h7-14,18,27,36H,5-6,15-17H2,1-4H3,(H,34,37). The molecule has 1 amide bonds. The average Bonchev–Trinajstić information content (AvgIpc) is 2.95. The van der Waals surface area contributed by atoms with E-state index in [1.54, 1.807) is 19.1 Å². The first kappa shape index (κ1) is 31.4. The highest BCUT2D eigenvalue weighted by atomic mass is 19.1. The van der Waals surface area contributed by atoms with E-state index in [-0.39, 0.29) is 24.7 Å². The highest BCUT2D eigenvalue weighted by Crippen LogP contribution is 2.36. The predicted molar refractivity (Wildman–Crippen MR) is 146 cm³/mol. The van der Waals surface area contributed by atoms with Crippen LogP contribution in [0.25, 0.3) is 0 Å². The third kappa shape index (κ3) is 8.21. The first-order chi connectivity index (χ1) is 19.7. The molecule has 0 aliphatic heterocycles. The van der Waals surface area contributed by atoms with Gasteiger partial charge in [0.1, 0.15) is 24.3 Å². The summed E-state index contributed by atoms with van der Waals surface area (Å²) in [5, 5.41) is 12.5. The zero-order valence-corrected chi connectivity index (χ0v) is 23.4. The molecule has 0 saturated heterocycles. The summed E-state index contributed by atoms with van der Waals surface area (Å²) in [6, 6.07) is 9.86. The van der Waals surface area contributed by atoms with Gasteiger partial charge < -0.3 is 29.4 Å². The van der Waals surface area contributed by atoms with Gasteiger partial charge in [-0.25, -0.2) is 13.8 Å². The molecule has 1 heterocycles. The number of amides is 1. The number of carbonyl (C=O) groups excluding carboxylic acids is 2. The average molecular weight is 573 g/mol. The Hall–Kier alpha value is -4.09. The molecule has 0 aliphatic carbocycles. The number of esters is 1. The SMILES string of the molecule is CCOCc1cc(F)ccc1C(c1ccc(F)cc1COCC)C(C)OC(=O)CNC(=O)c1nccc(OC)c1O. The van der Waals surface area contributed by atoms with Crippen LogP contribution in [0.15, 0.2) is 48.7 Å². The highest BCUT2D eigenvalue weighted by Gasteiger charge is 2.30. The molecular weight excluding hydrogens is 538 g/mol. The molecular formula is C30H34F2N2O7. The van der Waals surface area contributed by atoms with Gasteiger partial charge in [0.2, 0.25) is 0 Å². The smallest absolute Gasteiger partial charge is 0.325 e. The second-order valence-electron chi connectivity index (χ2n) is 9.03. The molecule has 0 radical (unpaired) electrons. The Morgan fingerprint density at radius 2 is 1.51 bits per heavy atom. The molecule has 0 bridgehead atoms. The third-order valence-electron chi connectivity index (χ3n) is 6.31. The zero-order chi connectivity index (χ0) is 29.9. The molecule has 41 heavy (non-hydrogen) atoms. The lowest BCUT2D eigenvalue weighted by atomic mass is 9.82. The number of hydrogen-bond acceptors (Lipinski definition) is 8. The van der Waals surface area contributed by atoms with E-state index in [2.05, 4.69) is 10.3 Å². The van der Waals surface area contributed by atoms with Crippen molar-refractivity contribution in [3.63, 3.8) is 0 Å². The van der Waals surface area contributed by atoms with Crippen LogP contribution < -0.4 is 10.1 Å². The Balaban J connectivity index is 1.91. The van der Waals surface area contributed by atoms with Crippen molar-refractivity contribution in [1.29, 1.82) is 0 Å². The monoisotopic (exact) mass is 572 g/mol. The summed E-state index contributed by atoms with van der Waals surface area (Å²) >= 11 is 0. The number of ether oxygens (including phenoxy) is 4. The molecule has 0 aliphatic rings. The number of rotatable bonds is 14.